The molecule has 1 rings (SSSR count). The predicted molar refractivity (Wildman–Crippen MR) is 73.3 cm³/mol. The van der Waals surface area contributed by atoms with E-state index in [0.717, 1.165) is 13.0 Å². The summed E-state index contributed by atoms with van der Waals surface area (Å²) in [5, 5.41) is 8.31. The van der Waals surface area contributed by atoms with E-state index in [1.807, 2.05) is 13.8 Å². The first kappa shape index (κ1) is 14.2. The first-order valence-electron chi connectivity index (χ1n) is 6.11. The van der Waals surface area contributed by atoms with E-state index in [0.29, 0.717) is 0 Å². The zero-order chi connectivity index (χ0) is 12.8. The third kappa shape index (κ3) is 4.48. The van der Waals surface area contributed by atoms with Gasteiger partial charge in [-0.1, -0.05) is 6.92 Å². The number of hydrogen-bond donors (Lipinski definition) is 2. The van der Waals surface area contributed by atoms with E-state index in [1.54, 1.807) is 11.3 Å². The highest BCUT2D eigenvalue weighted by Crippen LogP contribution is 2.14. The van der Waals surface area contributed by atoms with Crippen molar-refractivity contribution in [1.29, 1.82) is 0 Å². The molecular weight excluding hydrogens is 232 g/mol. The van der Waals surface area contributed by atoms with Crippen LogP contribution in [-0.2, 0) is 11.3 Å². The second-order valence-corrected chi connectivity index (χ2v) is 5.45. The summed E-state index contributed by atoms with van der Waals surface area (Å²) in [7, 11) is 0. The Morgan fingerprint density at radius 1 is 1.47 bits per heavy atom. The molecule has 0 saturated carbocycles. The van der Waals surface area contributed by atoms with Crippen LogP contribution in [-0.4, -0.2) is 18.0 Å². The molecule has 0 aliphatic carbocycles. The Hall–Kier alpha value is -0.870. The molecule has 0 aliphatic rings. The number of amides is 1. The summed E-state index contributed by atoms with van der Waals surface area (Å²) in [4.78, 5) is 13.1. The van der Waals surface area contributed by atoms with E-state index in [1.165, 1.54) is 10.4 Å². The summed E-state index contributed by atoms with van der Waals surface area (Å²) in [5.41, 5.74) is 1.29. The number of thiophene rings is 1. The lowest BCUT2D eigenvalue weighted by Gasteiger charge is -2.17. The summed E-state index contributed by atoms with van der Waals surface area (Å²) in [6, 6.07) is 2.20. The van der Waals surface area contributed by atoms with Crippen LogP contribution in [0.3, 0.4) is 0 Å². The van der Waals surface area contributed by atoms with Crippen LogP contribution in [0, 0.1) is 6.92 Å². The van der Waals surface area contributed by atoms with Gasteiger partial charge in [0.05, 0.1) is 6.04 Å². The Labute approximate surface area is 108 Å². The van der Waals surface area contributed by atoms with Crippen molar-refractivity contribution in [2.75, 3.05) is 0 Å². The molecule has 0 spiro atoms. The minimum atomic E-state index is -0.148. The fourth-order valence-corrected chi connectivity index (χ4v) is 2.25. The molecule has 0 fully saturated rings. The van der Waals surface area contributed by atoms with Crippen LogP contribution in [0.25, 0.3) is 0 Å². The van der Waals surface area contributed by atoms with Crippen molar-refractivity contribution in [3.05, 3.63) is 21.9 Å². The van der Waals surface area contributed by atoms with Crippen molar-refractivity contribution in [3.8, 4) is 0 Å². The molecule has 2 N–H and O–H groups in total. The number of aryl methyl sites for hydroxylation is 1. The van der Waals surface area contributed by atoms with Gasteiger partial charge in [-0.05, 0) is 44.2 Å². The maximum Gasteiger partial charge on any atom is 0.237 e. The predicted octanol–water partition coefficient (Wildman–Crippen LogP) is 2.45. The van der Waals surface area contributed by atoms with E-state index in [4.69, 9.17) is 0 Å². The summed E-state index contributed by atoms with van der Waals surface area (Å²) in [5.74, 6) is 0.0774. The van der Waals surface area contributed by atoms with Crippen LogP contribution in [0.1, 0.15) is 37.6 Å². The van der Waals surface area contributed by atoms with Gasteiger partial charge in [-0.3, -0.25) is 4.79 Å². The minimum absolute atomic E-state index is 0.0774. The average molecular weight is 254 g/mol. The third-order valence-corrected chi connectivity index (χ3v) is 3.95. The maximum atomic E-state index is 11.8. The van der Waals surface area contributed by atoms with Crippen molar-refractivity contribution in [3.63, 3.8) is 0 Å². The van der Waals surface area contributed by atoms with E-state index in [2.05, 4.69) is 35.9 Å². The molecular formula is C13H22N2OS. The fourth-order valence-electron chi connectivity index (χ4n) is 1.39. The quantitative estimate of drug-likeness (QED) is 0.818. The molecule has 1 amide bonds. The number of carbonyl (C=O) groups excluding carboxylic acids is 1. The molecule has 17 heavy (non-hydrogen) atoms. The van der Waals surface area contributed by atoms with Crippen LogP contribution in [0.4, 0.5) is 0 Å². The number of rotatable bonds is 6. The fraction of sp³-hybridized carbons (Fsp3) is 0.615. The largest absolute Gasteiger partial charge is 0.352 e. The van der Waals surface area contributed by atoms with Gasteiger partial charge in [-0.25, -0.2) is 0 Å². The third-order valence-electron chi connectivity index (χ3n) is 2.93. The lowest BCUT2D eigenvalue weighted by atomic mass is 10.2. The van der Waals surface area contributed by atoms with Gasteiger partial charge in [0.1, 0.15) is 0 Å². The van der Waals surface area contributed by atoms with Crippen LogP contribution >= 0.6 is 11.3 Å². The summed E-state index contributed by atoms with van der Waals surface area (Å²) >= 11 is 1.73. The molecule has 0 aliphatic heterocycles. The Kier molecular flexibility index (Phi) is 5.65. The van der Waals surface area contributed by atoms with Gasteiger partial charge in [0.25, 0.3) is 0 Å². The average Bonchev–Trinajstić information content (AvgIpc) is 2.71. The molecule has 3 nitrogen and oxygen atoms in total. The molecule has 1 aromatic rings. The first-order chi connectivity index (χ1) is 8.04. The highest BCUT2D eigenvalue weighted by molar-refractivity contribution is 7.10. The highest BCUT2D eigenvalue weighted by Gasteiger charge is 2.14. The maximum absolute atomic E-state index is 11.8. The molecule has 4 heteroatoms. The zero-order valence-corrected chi connectivity index (χ0v) is 11.9. The Balaban J connectivity index is 2.36. The molecule has 1 aromatic heterocycles. The molecule has 0 aromatic carbocycles. The van der Waals surface area contributed by atoms with Crippen LogP contribution < -0.4 is 10.6 Å². The molecule has 96 valence electrons. The number of hydrogen-bond acceptors (Lipinski definition) is 3. The minimum Gasteiger partial charge on any atom is -0.352 e. The molecule has 1 heterocycles. The van der Waals surface area contributed by atoms with Crippen molar-refractivity contribution < 1.29 is 4.79 Å². The molecule has 0 bridgehead atoms. The van der Waals surface area contributed by atoms with Crippen LogP contribution in [0.2, 0.25) is 0 Å². The van der Waals surface area contributed by atoms with Gasteiger partial charge in [-0.15, -0.1) is 11.3 Å². The Bertz CT molecular complexity index is 362. The molecule has 2 unspecified atom stereocenters. The number of carbonyl (C=O) groups is 1. The SMILES string of the molecule is CCC(C)NC(=O)C(C)NCc1sccc1C. The Morgan fingerprint density at radius 2 is 2.18 bits per heavy atom. The van der Waals surface area contributed by atoms with Crippen molar-refractivity contribution in [1.82, 2.24) is 10.6 Å². The highest BCUT2D eigenvalue weighted by atomic mass is 32.1. The van der Waals surface area contributed by atoms with E-state index >= 15 is 0 Å². The summed E-state index contributed by atoms with van der Waals surface area (Å²) in [6.07, 6.45) is 0.961. The van der Waals surface area contributed by atoms with Gasteiger partial charge in [-0.2, -0.15) is 0 Å². The smallest absolute Gasteiger partial charge is 0.237 e. The first-order valence-corrected chi connectivity index (χ1v) is 6.99. The standard InChI is InChI=1S/C13H22N2OS/c1-5-10(3)15-13(16)11(4)14-8-12-9(2)6-7-17-12/h6-7,10-11,14H,5,8H2,1-4H3,(H,15,16). The van der Waals surface area contributed by atoms with Crippen molar-refractivity contribution in [2.24, 2.45) is 0 Å². The van der Waals surface area contributed by atoms with Gasteiger partial charge in [0, 0.05) is 17.5 Å². The zero-order valence-electron chi connectivity index (χ0n) is 11.0. The topological polar surface area (TPSA) is 41.1 Å². The molecule has 2 atom stereocenters. The van der Waals surface area contributed by atoms with Crippen molar-refractivity contribution in [2.45, 2.75) is 52.7 Å². The van der Waals surface area contributed by atoms with E-state index in [-0.39, 0.29) is 18.0 Å². The van der Waals surface area contributed by atoms with Gasteiger partial charge in [0.15, 0.2) is 0 Å². The molecule has 0 saturated heterocycles. The van der Waals surface area contributed by atoms with Crippen LogP contribution in [0.5, 0.6) is 0 Å². The van der Waals surface area contributed by atoms with Crippen molar-refractivity contribution >= 4 is 17.2 Å². The molecule has 0 radical (unpaired) electrons. The second kappa shape index (κ2) is 6.77. The van der Waals surface area contributed by atoms with Gasteiger partial charge >= 0.3 is 0 Å². The lowest BCUT2D eigenvalue weighted by molar-refractivity contribution is -0.123. The van der Waals surface area contributed by atoms with Gasteiger partial charge in [0.2, 0.25) is 5.91 Å². The normalized spacial score (nSPS) is 14.4. The van der Waals surface area contributed by atoms with Gasteiger partial charge < -0.3 is 10.6 Å². The summed E-state index contributed by atoms with van der Waals surface area (Å²) in [6.45, 7) is 8.85. The van der Waals surface area contributed by atoms with E-state index in [9.17, 15) is 4.79 Å². The second-order valence-electron chi connectivity index (χ2n) is 4.45. The number of nitrogens with one attached hydrogen (secondary N) is 2. The van der Waals surface area contributed by atoms with E-state index < -0.39 is 0 Å². The Morgan fingerprint density at radius 3 is 2.71 bits per heavy atom. The lowest BCUT2D eigenvalue weighted by Crippen LogP contribution is -2.45. The monoisotopic (exact) mass is 254 g/mol. The van der Waals surface area contributed by atoms with Crippen LogP contribution in [0.15, 0.2) is 11.4 Å². The summed E-state index contributed by atoms with van der Waals surface area (Å²) < 4.78 is 0.